The number of hydrogen-bond acceptors (Lipinski definition) is 4. The van der Waals surface area contributed by atoms with Gasteiger partial charge in [-0.15, -0.1) is 0 Å². The zero-order valence-corrected chi connectivity index (χ0v) is 13.8. The highest BCUT2D eigenvalue weighted by atomic mass is 32.2. The second kappa shape index (κ2) is 7.84. The molecule has 0 bridgehead atoms. The maximum Gasteiger partial charge on any atom is 0.237 e. The fourth-order valence-electron chi connectivity index (χ4n) is 3.85. The summed E-state index contributed by atoms with van der Waals surface area (Å²) >= 11 is 2.11. The molecule has 0 spiro atoms. The molecule has 21 heavy (non-hydrogen) atoms. The fraction of sp³-hybridized carbons (Fsp3) is 0.938. The zero-order chi connectivity index (χ0) is 14.5. The molecule has 3 saturated heterocycles. The summed E-state index contributed by atoms with van der Waals surface area (Å²) in [7, 11) is 0. The Morgan fingerprint density at radius 1 is 1.24 bits per heavy atom. The summed E-state index contributed by atoms with van der Waals surface area (Å²) in [6.07, 6.45) is 6.10. The molecule has 2 N–H and O–H groups in total. The van der Waals surface area contributed by atoms with Crippen LogP contribution in [-0.2, 0) is 4.79 Å². The van der Waals surface area contributed by atoms with Gasteiger partial charge in [-0.2, -0.15) is 11.8 Å². The number of piperidine rings is 1. The molecular formula is C16H29N3OS. The number of amides is 1. The minimum Gasteiger partial charge on any atom is -0.354 e. The van der Waals surface area contributed by atoms with Gasteiger partial charge in [-0.25, -0.2) is 0 Å². The number of nitrogens with one attached hydrogen (secondary N) is 2. The molecule has 0 aliphatic carbocycles. The summed E-state index contributed by atoms with van der Waals surface area (Å²) in [5.41, 5.74) is 0. The number of thioether (sulfide) groups is 1. The van der Waals surface area contributed by atoms with Crippen LogP contribution in [0.25, 0.3) is 0 Å². The van der Waals surface area contributed by atoms with Gasteiger partial charge < -0.3 is 15.5 Å². The largest absolute Gasteiger partial charge is 0.354 e. The summed E-state index contributed by atoms with van der Waals surface area (Å²) in [6, 6.07) is 0.0696. The van der Waals surface area contributed by atoms with Crippen LogP contribution in [0.1, 0.15) is 32.1 Å². The number of likely N-dealkylation sites (tertiary alicyclic amines) is 1. The van der Waals surface area contributed by atoms with Crippen molar-refractivity contribution < 1.29 is 4.79 Å². The molecular weight excluding hydrogens is 282 g/mol. The summed E-state index contributed by atoms with van der Waals surface area (Å²) < 4.78 is 0. The number of nitrogens with zero attached hydrogens (tertiary/aromatic N) is 1. The van der Waals surface area contributed by atoms with Crippen molar-refractivity contribution in [2.45, 2.75) is 38.1 Å². The first-order valence-electron chi connectivity index (χ1n) is 8.62. The topological polar surface area (TPSA) is 44.4 Å². The van der Waals surface area contributed by atoms with E-state index in [0.29, 0.717) is 5.92 Å². The van der Waals surface area contributed by atoms with E-state index in [-0.39, 0.29) is 11.9 Å². The van der Waals surface area contributed by atoms with Crippen molar-refractivity contribution in [2.24, 2.45) is 11.8 Å². The van der Waals surface area contributed by atoms with Gasteiger partial charge in [0.2, 0.25) is 5.91 Å². The SMILES string of the molecule is O=C(NCC1CCCN(CC2CCSC2)C1)C1CCCN1. The minimum atomic E-state index is 0.0696. The monoisotopic (exact) mass is 311 g/mol. The van der Waals surface area contributed by atoms with Crippen LogP contribution in [0.5, 0.6) is 0 Å². The van der Waals surface area contributed by atoms with Gasteiger partial charge in [0, 0.05) is 19.6 Å². The lowest BCUT2D eigenvalue weighted by Crippen LogP contribution is -2.46. The van der Waals surface area contributed by atoms with Crippen molar-refractivity contribution >= 4 is 17.7 Å². The van der Waals surface area contributed by atoms with Gasteiger partial charge in [0.05, 0.1) is 6.04 Å². The second-order valence-electron chi connectivity index (χ2n) is 6.89. The van der Waals surface area contributed by atoms with Crippen LogP contribution in [0.15, 0.2) is 0 Å². The van der Waals surface area contributed by atoms with Gasteiger partial charge in [-0.3, -0.25) is 4.79 Å². The Morgan fingerprint density at radius 2 is 2.19 bits per heavy atom. The summed E-state index contributed by atoms with van der Waals surface area (Å²) in [4.78, 5) is 14.7. The highest BCUT2D eigenvalue weighted by Crippen LogP contribution is 2.26. The molecule has 3 rings (SSSR count). The standard InChI is InChI=1S/C16H29N3OS/c20-16(15-4-1-6-17-15)18-9-13-3-2-7-19(10-13)11-14-5-8-21-12-14/h13-15,17H,1-12H2,(H,18,20). The predicted octanol–water partition coefficient (Wildman–Crippen LogP) is 1.32. The average molecular weight is 311 g/mol. The average Bonchev–Trinajstić information content (AvgIpc) is 3.18. The molecule has 5 heteroatoms. The first-order valence-corrected chi connectivity index (χ1v) is 9.78. The third kappa shape index (κ3) is 4.60. The van der Waals surface area contributed by atoms with Crippen LogP contribution < -0.4 is 10.6 Å². The van der Waals surface area contributed by atoms with Gasteiger partial charge >= 0.3 is 0 Å². The molecule has 0 aromatic rings. The molecule has 120 valence electrons. The predicted molar refractivity (Wildman–Crippen MR) is 88.6 cm³/mol. The van der Waals surface area contributed by atoms with Gasteiger partial charge in [0.15, 0.2) is 0 Å². The van der Waals surface area contributed by atoms with Crippen LogP contribution in [0.3, 0.4) is 0 Å². The Labute approximate surface area is 132 Å². The summed E-state index contributed by atoms with van der Waals surface area (Å²) in [5.74, 6) is 4.48. The molecule has 4 nitrogen and oxygen atoms in total. The first-order chi connectivity index (χ1) is 10.3. The first kappa shape index (κ1) is 15.6. The molecule has 3 unspecified atom stereocenters. The Hall–Kier alpha value is -0.260. The zero-order valence-electron chi connectivity index (χ0n) is 13.0. The lowest BCUT2D eigenvalue weighted by Gasteiger charge is -2.34. The van der Waals surface area contributed by atoms with E-state index in [2.05, 4.69) is 27.3 Å². The van der Waals surface area contributed by atoms with E-state index in [1.54, 1.807) is 0 Å². The highest BCUT2D eigenvalue weighted by molar-refractivity contribution is 7.99. The smallest absolute Gasteiger partial charge is 0.237 e. The van der Waals surface area contributed by atoms with Gasteiger partial charge in [-0.05, 0) is 68.5 Å². The molecule has 0 aromatic carbocycles. The third-order valence-corrected chi connectivity index (χ3v) is 6.32. The lowest BCUT2D eigenvalue weighted by atomic mass is 9.96. The number of hydrogen-bond donors (Lipinski definition) is 2. The third-order valence-electron chi connectivity index (χ3n) is 5.09. The van der Waals surface area contributed by atoms with Gasteiger partial charge in [0.25, 0.3) is 0 Å². The van der Waals surface area contributed by atoms with E-state index in [4.69, 9.17) is 0 Å². The minimum absolute atomic E-state index is 0.0696. The second-order valence-corrected chi connectivity index (χ2v) is 8.04. The van der Waals surface area contributed by atoms with Gasteiger partial charge in [0.1, 0.15) is 0 Å². The van der Waals surface area contributed by atoms with Crippen LogP contribution in [0.2, 0.25) is 0 Å². The maximum atomic E-state index is 12.1. The molecule has 0 aromatic heterocycles. The lowest BCUT2D eigenvalue weighted by molar-refractivity contribution is -0.123. The normalized spacial score (nSPS) is 34.2. The fourth-order valence-corrected chi connectivity index (χ4v) is 5.12. The maximum absolute atomic E-state index is 12.1. The Morgan fingerprint density at radius 3 is 2.95 bits per heavy atom. The number of carbonyl (C=O) groups is 1. The Kier molecular flexibility index (Phi) is 5.83. The van der Waals surface area contributed by atoms with Crippen molar-refractivity contribution in [3.05, 3.63) is 0 Å². The van der Waals surface area contributed by atoms with Crippen molar-refractivity contribution in [3.63, 3.8) is 0 Å². The van der Waals surface area contributed by atoms with E-state index >= 15 is 0 Å². The van der Waals surface area contributed by atoms with Crippen LogP contribution in [-0.4, -0.2) is 61.1 Å². The van der Waals surface area contributed by atoms with E-state index in [0.717, 1.165) is 31.8 Å². The molecule has 0 saturated carbocycles. The van der Waals surface area contributed by atoms with Crippen LogP contribution in [0, 0.1) is 11.8 Å². The van der Waals surface area contributed by atoms with E-state index < -0.39 is 0 Å². The molecule has 3 atom stereocenters. The molecule has 3 aliphatic heterocycles. The van der Waals surface area contributed by atoms with Gasteiger partial charge in [-0.1, -0.05) is 0 Å². The summed E-state index contributed by atoms with van der Waals surface area (Å²) in [6.45, 7) is 5.58. The molecule has 3 aliphatic rings. The van der Waals surface area contributed by atoms with Crippen molar-refractivity contribution in [3.8, 4) is 0 Å². The number of carbonyl (C=O) groups excluding carboxylic acids is 1. The quantitative estimate of drug-likeness (QED) is 0.804. The number of rotatable bonds is 5. The van der Waals surface area contributed by atoms with Crippen molar-refractivity contribution in [1.82, 2.24) is 15.5 Å². The van der Waals surface area contributed by atoms with Crippen LogP contribution >= 0.6 is 11.8 Å². The molecule has 3 fully saturated rings. The van der Waals surface area contributed by atoms with E-state index in [1.807, 2.05) is 0 Å². The summed E-state index contributed by atoms with van der Waals surface area (Å²) in [5, 5.41) is 6.45. The van der Waals surface area contributed by atoms with E-state index in [9.17, 15) is 4.79 Å². The molecule has 3 heterocycles. The van der Waals surface area contributed by atoms with E-state index in [1.165, 1.54) is 50.4 Å². The highest BCUT2D eigenvalue weighted by Gasteiger charge is 2.26. The Bertz CT molecular complexity index is 340. The van der Waals surface area contributed by atoms with Crippen molar-refractivity contribution in [2.75, 3.05) is 44.2 Å². The Balaban J connectivity index is 1.37. The molecule has 1 amide bonds. The van der Waals surface area contributed by atoms with Crippen molar-refractivity contribution in [1.29, 1.82) is 0 Å². The molecule has 0 radical (unpaired) electrons. The van der Waals surface area contributed by atoms with Crippen LogP contribution in [0.4, 0.5) is 0 Å².